The van der Waals surface area contributed by atoms with Crippen LogP contribution in [0.4, 0.5) is 18.9 Å². The molecule has 0 amide bonds. The summed E-state index contributed by atoms with van der Waals surface area (Å²) in [6.07, 6.45) is -0.0934. The van der Waals surface area contributed by atoms with E-state index in [1.807, 2.05) is 0 Å². The number of rotatable bonds is 3. The molecular formula is C18H12F3N3OS. The van der Waals surface area contributed by atoms with Gasteiger partial charge in [0.15, 0.2) is 5.69 Å². The third kappa shape index (κ3) is 3.31. The second kappa shape index (κ2) is 6.52. The molecule has 0 radical (unpaired) electrons. The fourth-order valence-electron chi connectivity index (χ4n) is 2.44. The first-order valence-corrected chi connectivity index (χ1v) is 8.23. The van der Waals surface area contributed by atoms with Crippen LogP contribution in [0.5, 0.6) is 0 Å². The van der Waals surface area contributed by atoms with Crippen LogP contribution >= 0.6 is 11.3 Å². The van der Waals surface area contributed by atoms with E-state index in [-0.39, 0.29) is 5.56 Å². The summed E-state index contributed by atoms with van der Waals surface area (Å²) < 4.78 is 39.4. The molecule has 26 heavy (non-hydrogen) atoms. The summed E-state index contributed by atoms with van der Waals surface area (Å²) in [6, 6.07) is 6.79. The summed E-state index contributed by atoms with van der Waals surface area (Å²) >= 11 is 1.09. The van der Waals surface area contributed by atoms with Gasteiger partial charge in [0.25, 0.3) is 0 Å². The average molecular weight is 375 g/mol. The highest BCUT2D eigenvalue weighted by molar-refractivity contribution is 7.15. The van der Waals surface area contributed by atoms with E-state index in [1.165, 1.54) is 12.3 Å². The van der Waals surface area contributed by atoms with Gasteiger partial charge in [0, 0.05) is 24.2 Å². The minimum atomic E-state index is -4.63. The lowest BCUT2D eigenvalue weighted by atomic mass is 9.96. The quantitative estimate of drug-likeness (QED) is 0.653. The first-order chi connectivity index (χ1) is 12.2. The Morgan fingerprint density at radius 3 is 2.46 bits per heavy atom. The number of pyridine rings is 1. The van der Waals surface area contributed by atoms with Crippen LogP contribution in [0.1, 0.15) is 22.9 Å². The van der Waals surface area contributed by atoms with Gasteiger partial charge in [-0.25, -0.2) is 9.83 Å². The number of nitrogens with zero attached hydrogens (tertiary/aromatic N) is 3. The minimum absolute atomic E-state index is 0.242. The molecule has 0 aliphatic heterocycles. The molecule has 0 saturated carbocycles. The molecule has 2 heterocycles. The van der Waals surface area contributed by atoms with E-state index in [9.17, 15) is 18.3 Å². The van der Waals surface area contributed by atoms with Crippen molar-refractivity contribution < 1.29 is 18.3 Å². The molecule has 1 atom stereocenters. The largest absolute Gasteiger partial charge is 0.407 e. The van der Waals surface area contributed by atoms with Gasteiger partial charge in [-0.3, -0.25) is 4.98 Å². The molecule has 2 aromatic heterocycles. The number of hydrogen-bond donors (Lipinski definition) is 1. The number of hydrogen-bond acceptors (Lipinski definition) is 4. The molecule has 4 nitrogen and oxygen atoms in total. The molecule has 0 fully saturated rings. The normalized spacial score (nSPS) is 13.8. The number of alkyl halides is 3. The third-order valence-corrected chi connectivity index (χ3v) is 5.15. The Kier molecular flexibility index (Phi) is 4.52. The topological polar surface area (TPSA) is 50.4 Å². The van der Waals surface area contributed by atoms with E-state index < -0.39 is 23.0 Å². The van der Waals surface area contributed by atoms with Crippen LogP contribution in [0.3, 0.4) is 0 Å². The molecule has 0 aliphatic carbocycles. The lowest BCUT2D eigenvalue weighted by Gasteiger charge is -2.21. The van der Waals surface area contributed by atoms with Crippen LogP contribution in [0.15, 0.2) is 48.9 Å². The van der Waals surface area contributed by atoms with Crippen molar-refractivity contribution in [3.63, 3.8) is 0 Å². The maximum Gasteiger partial charge on any atom is 0.407 e. The Morgan fingerprint density at radius 1 is 1.15 bits per heavy atom. The predicted octanol–water partition coefficient (Wildman–Crippen LogP) is 5.03. The molecule has 0 aliphatic rings. The fraction of sp³-hybridized carbons (Fsp3) is 0.167. The minimum Gasteiger partial charge on any atom is -0.380 e. The van der Waals surface area contributed by atoms with Crippen molar-refractivity contribution in [3.8, 4) is 10.6 Å². The number of thiazole rings is 1. The van der Waals surface area contributed by atoms with Crippen LogP contribution in [-0.2, 0) is 11.8 Å². The Balaban J connectivity index is 2.02. The number of halogens is 3. The van der Waals surface area contributed by atoms with Crippen LogP contribution in [0.2, 0.25) is 0 Å². The van der Waals surface area contributed by atoms with E-state index >= 15 is 0 Å². The molecule has 3 rings (SSSR count). The van der Waals surface area contributed by atoms with Crippen LogP contribution in [0, 0.1) is 6.57 Å². The van der Waals surface area contributed by atoms with Crippen molar-refractivity contribution in [2.75, 3.05) is 0 Å². The maximum atomic E-state index is 13.1. The SMILES string of the molecule is [C-]#[N+]c1ccc(-c2ncc(C(C)(O)c3ccncc3)s2)cc1C(F)(F)F. The van der Waals surface area contributed by atoms with Crippen LogP contribution < -0.4 is 0 Å². The van der Waals surface area contributed by atoms with Gasteiger partial charge in [-0.2, -0.15) is 13.2 Å². The van der Waals surface area contributed by atoms with E-state index in [2.05, 4.69) is 14.8 Å². The Hall–Kier alpha value is -2.76. The standard InChI is InChI=1S/C18H12F3N3OS/c1-17(25,12-5-7-23-8-6-12)15-10-24-16(26-15)11-3-4-14(22-2)13(9-11)18(19,20)21/h3-10,25H,1H3. The highest BCUT2D eigenvalue weighted by Gasteiger charge is 2.34. The Morgan fingerprint density at radius 2 is 1.85 bits per heavy atom. The second-order valence-corrected chi connectivity index (χ2v) is 6.71. The average Bonchev–Trinajstić information content (AvgIpc) is 3.12. The zero-order chi connectivity index (χ0) is 18.9. The number of benzene rings is 1. The van der Waals surface area contributed by atoms with Gasteiger partial charge in [0.05, 0.1) is 17.0 Å². The van der Waals surface area contributed by atoms with Crippen molar-refractivity contribution >= 4 is 17.0 Å². The third-order valence-electron chi connectivity index (χ3n) is 3.90. The first kappa shape index (κ1) is 18.0. The summed E-state index contributed by atoms with van der Waals surface area (Å²) in [4.78, 5) is 11.5. The van der Waals surface area contributed by atoms with E-state index in [0.717, 1.165) is 23.5 Å². The molecule has 1 aromatic carbocycles. The highest BCUT2D eigenvalue weighted by Crippen LogP contribution is 2.41. The van der Waals surface area contributed by atoms with Gasteiger partial charge in [-0.05, 0) is 24.6 Å². The molecule has 0 spiro atoms. The van der Waals surface area contributed by atoms with E-state index in [4.69, 9.17) is 6.57 Å². The smallest absolute Gasteiger partial charge is 0.380 e. The molecule has 132 valence electrons. The molecule has 0 saturated heterocycles. The lowest BCUT2D eigenvalue weighted by molar-refractivity contribution is -0.136. The molecule has 0 bridgehead atoms. The second-order valence-electron chi connectivity index (χ2n) is 5.68. The van der Waals surface area contributed by atoms with Gasteiger partial charge < -0.3 is 5.11 Å². The molecule has 3 aromatic rings. The first-order valence-electron chi connectivity index (χ1n) is 7.41. The number of aromatic nitrogens is 2. The number of aliphatic hydroxyl groups is 1. The van der Waals surface area contributed by atoms with Crippen LogP contribution in [-0.4, -0.2) is 15.1 Å². The van der Waals surface area contributed by atoms with Crippen molar-refractivity contribution in [1.82, 2.24) is 9.97 Å². The van der Waals surface area contributed by atoms with Crippen molar-refractivity contribution in [3.05, 3.63) is 76.3 Å². The van der Waals surface area contributed by atoms with Gasteiger partial charge in [0.2, 0.25) is 0 Å². The van der Waals surface area contributed by atoms with E-state index in [0.29, 0.717) is 15.4 Å². The monoisotopic (exact) mass is 375 g/mol. The lowest BCUT2D eigenvalue weighted by Crippen LogP contribution is -2.21. The Bertz CT molecular complexity index is 975. The maximum absolute atomic E-state index is 13.1. The van der Waals surface area contributed by atoms with Crippen molar-refractivity contribution in [2.45, 2.75) is 18.7 Å². The van der Waals surface area contributed by atoms with Gasteiger partial charge >= 0.3 is 6.18 Å². The molecule has 8 heteroatoms. The zero-order valence-electron chi connectivity index (χ0n) is 13.4. The van der Waals surface area contributed by atoms with Crippen LogP contribution in [0.25, 0.3) is 15.4 Å². The molecule has 1 N–H and O–H groups in total. The molecule has 1 unspecified atom stereocenters. The summed E-state index contributed by atoms with van der Waals surface area (Å²) in [5.41, 5.74) is -1.96. The summed E-state index contributed by atoms with van der Waals surface area (Å²) in [5, 5.41) is 11.1. The summed E-state index contributed by atoms with van der Waals surface area (Å²) in [7, 11) is 0. The fourth-order valence-corrected chi connectivity index (χ4v) is 3.43. The predicted molar refractivity (Wildman–Crippen MR) is 91.7 cm³/mol. The van der Waals surface area contributed by atoms with Gasteiger partial charge in [-0.1, -0.05) is 18.2 Å². The van der Waals surface area contributed by atoms with E-state index in [1.54, 1.807) is 31.5 Å². The summed E-state index contributed by atoms with van der Waals surface area (Å²) in [6.45, 7) is 8.48. The van der Waals surface area contributed by atoms with Gasteiger partial charge in [0.1, 0.15) is 10.6 Å². The Labute approximate surface area is 151 Å². The highest BCUT2D eigenvalue weighted by atomic mass is 32.1. The zero-order valence-corrected chi connectivity index (χ0v) is 14.3. The van der Waals surface area contributed by atoms with Crippen molar-refractivity contribution in [2.24, 2.45) is 0 Å². The van der Waals surface area contributed by atoms with Gasteiger partial charge in [-0.15, -0.1) is 11.3 Å². The van der Waals surface area contributed by atoms with Crippen molar-refractivity contribution in [1.29, 1.82) is 0 Å². The summed E-state index contributed by atoms with van der Waals surface area (Å²) in [5.74, 6) is 0. The molecular weight excluding hydrogens is 363 g/mol.